The Morgan fingerprint density at radius 1 is 1.15 bits per heavy atom. The molecule has 140 valence electrons. The van der Waals surface area contributed by atoms with Crippen molar-refractivity contribution in [3.63, 3.8) is 0 Å². The van der Waals surface area contributed by atoms with E-state index >= 15 is 0 Å². The molecule has 0 atom stereocenters. The highest BCUT2D eigenvalue weighted by Gasteiger charge is 2.29. The molecule has 1 aromatic heterocycles. The molecule has 1 aromatic carbocycles. The van der Waals surface area contributed by atoms with E-state index in [0.29, 0.717) is 26.2 Å². The predicted octanol–water partition coefficient (Wildman–Crippen LogP) is 1.98. The molecule has 1 aliphatic heterocycles. The van der Waals surface area contributed by atoms with Crippen molar-refractivity contribution in [3.05, 3.63) is 51.5 Å². The monoisotopic (exact) mass is 393 g/mol. The molecule has 1 saturated heterocycles. The van der Waals surface area contributed by atoms with Crippen LogP contribution < -0.4 is 0 Å². The summed E-state index contributed by atoms with van der Waals surface area (Å²) in [5.41, 5.74) is 2.58. The topological polar surface area (TPSA) is 70.6 Å². The van der Waals surface area contributed by atoms with Gasteiger partial charge in [0.05, 0.1) is 22.9 Å². The number of piperazine rings is 1. The number of aromatic nitrogens is 1. The average molecular weight is 394 g/mol. The van der Waals surface area contributed by atoms with Crippen LogP contribution in [0.4, 0.5) is 0 Å². The summed E-state index contributed by atoms with van der Waals surface area (Å²) in [6.07, 6.45) is 0.278. The lowest BCUT2D eigenvalue weighted by Gasteiger charge is -2.34. The summed E-state index contributed by atoms with van der Waals surface area (Å²) in [4.78, 5) is 18.4. The Labute approximate surface area is 158 Å². The van der Waals surface area contributed by atoms with Crippen molar-refractivity contribution >= 4 is 27.3 Å². The van der Waals surface area contributed by atoms with Crippen molar-refractivity contribution in [3.8, 4) is 0 Å². The molecule has 8 heteroatoms. The minimum atomic E-state index is -3.38. The molecule has 0 saturated carbocycles. The Morgan fingerprint density at radius 2 is 1.85 bits per heavy atom. The summed E-state index contributed by atoms with van der Waals surface area (Å²) in [5, 5.41) is 2.84. The first-order valence-corrected chi connectivity index (χ1v) is 11.0. The van der Waals surface area contributed by atoms with Gasteiger partial charge in [0.2, 0.25) is 15.9 Å². The highest BCUT2D eigenvalue weighted by Crippen LogP contribution is 2.17. The Kier molecular flexibility index (Phi) is 5.74. The number of amides is 1. The lowest BCUT2D eigenvalue weighted by Crippen LogP contribution is -2.51. The molecule has 0 aliphatic carbocycles. The van der Waals surface area contributed by atoms with Gasteiger partial charge >= 0.3 is 0 Å². The molecule has 1 aliphatic rings. The van der Waals surface area contributed by atoms with Crippen molar-refractivity contribution in [1.29, 1.82) is 0 Å². The maximum atomic E-state index is 12.7. The highest BCUT2D eigenvalue weighted by atomic mass is 32.2. The summed E-state index contributed by atoms with van der Waals surface area (Å²) in [6, 6.07) is 7.53. The third-order valence-electron chi connectivity index (χ3n) is 4.58. The number of sulfonamides is 1. The van der Waals surface area contributed by atoms with Gasteiger partial charge in [-0.05, 0) is 25.0 Å². The third kappa shape index (κ3) is 4.49. The smallest absolute Gasteiger partial charge is 0.228 e. The lowest BCUT2D eigenvalue weighted by molar-refractivity contribution is -0.131. The van der Waals surface area contributed by atoms with Crippen molar-refractivity contribution in [2.75, 3.05) is 26.2 Å². The second kappa shape index (κ2) is 7.85. The van der Waals surface area contributed by atoms with Gasteiger partial charge in [-0.2, -0.15) is 4.31 Å². The lowest BCUT2D eigenvalue weighted by atomic mass is 10.1. The summed E-state index contributed by atoms with van der Waals surface area (Å²) in [5.74, 6) is 0.0115. The second-order valence-corrected chi connectivity index (χ2v) is 9.53. The zero-order chi connectivity index (χ0) is 18.7. The molecule has 6 nitrogen and oxygen atoms in total. The Bertz CT molecular complexity index is 885. The fraction of sp³-hybridized carbons (Fsp3) is 0.444. The molecule has 0 unspecified atom stereocenters. The van der Waals surface area contributed by atoms with E-state index < -0.39 is 10.0 Å². The summed E-state index contributed by atoms with van der Waals surface area (Å²) in [7, 11) is -3.38. The van der Waals surface area contributed by atoms with Crippen LogP contribution in [0.25, 0.3) is 0 Å². The van der Waals surface area contributed by atoms with Crippen LogP contribution in [-0.2, 0) is 27.0 Å². The van der Waals surface area contributed by atoms with Crippen molar-refractivity contribution in [1.82, 2.24) is 14.2 Å². The quantitative estimate of drug-likeness (QED) is 0.779. The van der Waals surface area contributed by atoms with Gasteiger partial charge in [0, 0.05) is 31.6 Å². The molecular formula is C18H23N3O3S2. The molecule has 0 bridgehead atoms. The molecular weight excluding hydrogens is 370 g/mol. The van der Waals surface area contributed by atoms with Crippen molar-refractivity contribution in [2.24, 2.45) is 0 Å². The maximum absolute atomic E-state index is 12.7. The van der Waals surface area contributed by atoms with E-state index in [4.69, 9.17) is 0 Å². The number of rotatable bonds is 5. The molecule has 0 radical (unpaired) electrons. The first-order valence-electron chi connectivity index (χ1n) is 8.56. The van der Waals surface area contributed by atoms with Gasteiger partial charge in [0.15, 0.2) is 0 Å². The summed E-state index contributed by atoms with van der Waals surface area (Å²) < 4.78 is 26.9. The minimum absolute atomic E-state index is 0.00567. The molecule has 2 heterocycles. The van der Waals surface area contributed by atoms with Crippen LogP contribution in [-0.4, -0.2) is 54.7 Å². The standard InChI is InChI=1S/C18H23N3O3S2/c1-14-5-3-4-6-16(14)13-26(23,24)21-9-7-20(8-10-21)18(22)11-17-12-25-15(2)19-17/h3-6,12H,7-11,13H2,1-2H3. The fourth-order valence-electron chi connectivity index (χ4n) is 3.03. The van der Waals surface area contributed by atoms with Crippen LogP contribution in [0.1, 0.15) is 21.8 Å². The first-order chi connectivity index (χ1) is 12.3. The van der Waals surface area contributed by atoms with E-state index in [1.54, 1.807) is 4.90 Å². The molecule has 2 aromatic rings. The molecule has 0 N–H and O–H groups in total. The molecule has 1 fully saturated rings. The third-order valence-corrected chi connectivity index (χ3v) is 7.23. The van der Waals surface area contributed by atoms with Gasteiger partial charge in [0.1, 0.15) is 0 Å². The summed E-state index contributed by atoms with van der Waals surface area (Å²) >= 11 is 1.53. The predicted molar refractivity (Wildman–Crippen MR) is 103 cm³/mol. The highest BCUT2D eigenvalue weighted by molar-refractivity contribution is 7.88. The molecule has 1 amide bonds. The van der Waals surface area contributed by atoms with Gasteiger partial charge in [0.25, 0.3) is 0 Å². The van der Waals surface area contributed by atoms with E-state index in [1.165, 1.54) is 15.6 Å². The number of nitrogens with zero attached hydrogens (tertiary/aromatic N) is 3. The number of carbonyl (C=O) groups is 1. The van der Waals surface area contributed by atoms with Crippen LogP contribution in [0, 0.1) is 13.8 Å². The van der Waals surface area contributed by atoms with E-state index in [2.05, 4.69) is 4.98 Å². The van der Waals surface area contributed by atoms with E-state index in [-0.39, 0.29) is 18.1 Å². The van der Waals surface area contributed by atoms with Crippen LogP contribution in [0.5, 0.6) is 0 Å². The SMILES string of the molecule is Cc1nc(CC(=O)N2CCN(S(=O)(=O)Cc3ccccc3C)CC2)cs1. The van der Waals surface area contributed by atoms with Crippen LogP contribution in [0.2, 0.25) is 0 Å². The summed E-state index contributed by atoms with van der Waals surface area (Å²) in [6.45, 7) is 5.37. The Morgan fingerprint density at radius 3 is 2.46 bits per heavy atom. The van der Waals surface area contributed by atoms with Gasteiger partial charge in [-0.3, -0.25) is 4.79 Å². The Balaban J connectivity index is 1.57. The van der Waals surface area contributed by atoms with Crippen molar-refractivity contribution in [2.45, 2.75) is 26.0 Å². The average Bonchev–Trinajstić information content (AvgIpc) is 3.02. The zero-order valence-electron chi connectivity index (χ0n) is 15.0. The van der Waals surface area contributed by atoms with Gasteiger partial charge in [-0.25, -0.2) is 13.4 Å². The largest absolute Gasteiger partial charge is 0.340 e. The molecule has 26 heavy (non-hydrogen) atoms. The van der Waals surface area contributed by atoms with E-state index in [9.17, 15) is 13.2 Å². The Hall–Kier alpha value is -1.77. The van der Waals surface area contributed by atoms with Gasteiger partial charge in [-0.1, -0.05) is 24.3 Å². The molecule has 0 spiro atoms. The number of hydrogen-bond acceptors (Lipinski definition) is 5. The maximum Gasteiger partial charge on any atom is 0.228 e. The fourth-order valence-corrected chi connectivity index (χ4v) is 5.26. The number of thiazole rings is 1. The second-order valence-electron chi connectivity index (χ2n) is 6.50. The van der Waals surface area contributed by atoms with Crippen molar-refractivity contribution < 1.29 is 13.2 Å². The normalized spacial score (nSPS) is 16.0. The number of hydrogen-bond donors (Lipinski definition) is 0. The minimum Gasteiger partial charge on any atom is -0.340 e. The first kappa shape index (κ1) is 19.0. The number of carbonyl (C=O) groups excluding carboxylic acids is 1. The van der Waals surface area contributed by atoms with Crippen LogP contribution >= 0.6 is 11.3 Å². The van der Waals surface area contributed by atoms with E-state index in [1.807, 2.05) is 43.5 Å². The number of aryl methyl sites for hydroxylation is 2. The number of benzene rings is 1. The van der Waals surface area contributed by atoms with Gasteiger partial charge < -0.3 is 4.90 Å². The van der Waals surface area contributed by atoms with E-state index in [0.717, 1.165) is 21.8 Å². The molecule has 3 rings (SSSR count). The zero-order valence-corrected chi connectivity index (χ0v) is 16.6. The van der Waals surface area contributed by atoms with Crippen LogP contribution in [0.3, 0.4) is 0 Å². The van der Waals surface area contributed by atoms with Crippen LogP contribution in [0.15, 0.2) is 29.6 Å². The van der Waals surface area contributed by atoms with Gasteiger partial charge in [-0.15, -0.1) is 11.3 Å².